The topological polar surface area (TPSA) is 65.5 Å². The first-order valence-corrected chi connectivity index (χ1v) is 12.5. The average molecular weight is 474 g/mol. The molecule has 1 amide bonds. The Balaban J connectivity index is 1.42. The van der Waals surface area contributed by atoms with Crippen molar-refractivity contribution in [2.45, 2.75) is 39.4 Å². The number of aliphatic hydroxyl groups excluding tert-OH is 1. The number of hydrogen-bond donors (Lipinski definition) is 1. The molecule has 180 valence electrons. The number of methoxy groups -OCH3 is 2. The number of ether oxygens (including phenoxy) is 2. The van der Waals surface area contributed by atoms with Crippen LogP contribution in [0.4, 0.5) is 0 Å². The van der Waals surface area contributed by atoms with Crippen LogP contribution in [0.1, 0.15) is 51.0 Å². The molecule has 33 heavy (non-hydrogen) atoms. The molecule has 1 aromatic carbocycles. The Hall–Kier alpha value is -2.13. The van der Waals surface area contributed by atoms with Gasteiger partial charge in [-0.3, -0.25) is 14.6 Å². The van der Waals surface area contributed by atoms with Crippen molar-refractivity contribution in [2.75, 3.05) is 53.6 Å². The van der Waals surface area contributed by atoms with E-state index in [0.29, 0.717) is 24.4 Å². The lowest BCUT2D eigenvalue weighted by molar-refractivity contribution is 0.0748. The van der Waals surface area contributed by atoms with Crippen molar-refractivity contribution in [3.8, 4) is 11.5 Å². The molecule has 0 saturated carbocycles. The molecule has 0 spiro atoms. The fraction of sp³-hybridized carbons (Fsp3) is 0.560. The van der Waals surface area contributed by atoms with E-state index >= 15 is 0 Å². The molecule has 8 heteroatoms. The largest absolute Gasteiger partial charge is 0.496 e. The van der Waals surface area contributed by atoms with Crippen molar-refractivity contribution in [3.05, 3.63) is 44.6 Å². The molecule has 1 aromatic heterocycles. The SMILES string of the molecule is COc1cc(OC)c(C(C)C)cc1C(=O)N1Cc2cc(CN3CCN(CCO)CC3)sc2C1. The summed E-state index contributed by atoms with van der Waals surface area (Å²) in [4.78, 5) is 22.8. The summed E-state index contributed by atoms with van der Waals surface area (Å²) in [6, 6.07) is 6.03. The van der Waals surface area contributed by atoms with Crippen LogP contribution >= 0.6 is 11.3 Å². The normalized spacial score (nSPS) is 17.0. The van der Waals surface area contributed by atoms with Crippen molar-refractivity contribution < 1.29 is 19.4 Å². The lowest BCUT2D eigenvalue weighted by Gasteiger charge is -2.34. The molecule has 3 heterocycles. The lowest BCUT2D eigenvalue weighted by Crippen LogP contribution is -2.46. The van der Waals surface area contributed by atoms with Crippen LogP contribution in [0, 0.1) is 0 Å². The third-order valence-electron chi connectivity index (χ3n) is 6.60. The summed E-state index contributed by atoms with van der Waals surface area (Å²) >= 11 is 1.83. The number of benzene rings is 1. The van der Waals surface area contributed by atoms with Gasteiger partial charge in [-0.25, -0.2) is 0 Å². The summed E-state index contributed by atoms with van der Waals surface area (Å²) in [7, 11) is 3.24. The standard InChI is InChI=1S/C25H35N3O4S/c1-17(2)20-12-21(23(32-4)13-22(20)31-3)25(30)28-14-18-11-19(33-24(18)16-28)15-27-7-5-26(6-8-27)9-10-29/h11-13,17,29H,5-10,14-16H2,1-4H3. The van der Waals surface area contributed by atoms with Crippen LogP contribution in [0.5, 0.6) is 11.5 Å². The van der Waals surface area contributed by atoms with Gasteiger partial charge < -0.3 is 19.5 Å². The molecule has 0 aliphatic carbocycles. The molecule has 0 unspecified atom stereocenters. The average Bonchev–Trinajstić information content (AvgIpc) is 3.37. The van der Waals surface area contributed by atoms with E-state index in [-0.39, 0.29) is 18.4 Å². The van der Waals surface area contributed by atoms with Gasteiger partial charge in [0.25, 0.3) is 5.91 Å². The van der Waals surface area contributed by atoms with E-state index in [9.17, 15) is 4.79 Å². The first-order chi connectivity index (χ1) is 15.9. The van der Waals surface area contributed by atoms with Gasteiger partial charge in [-0.05, 0) is 29.2 Å². The van der Waals surface area contributed by atoms with Crippen molar-refractivity contribution in [1.29, 1.82) is 0 Å². The highest BCUT2D eigenvalue weighted by molar-refractivity contribution is 7.12. The number of nitrogens with zero attached hydrogens (tertiary/aromatic N) is 3. The number of carbonyl (C=O) groups excluding carboxylic acids is 1. The Bertz CT molecular complexity index is 959. The smallest absolute Gasteiger partial charge is 0.258 e. The summed E-state index contributed by atoms with van der Waals surface area (Å²) in [5, 5.41) is 9.12. The predicted octanol–water partition coefficient (Wildman–Crippen LogP) is 3.15. The molecule has 0 radical (unpaired) electrons. The van der Waals surface area contributed by atoms with E-state index < -0.39 is 0 Å². The van der Waals surface area contributed by atoms with Gasteiger partial charge in [-0.2, -0.15) is 0 Å². The summed E-state index contributed by atoms with van der Waals surface area (Å²) in [5.74, 6) is 1.55. The fourth-order valence-electron chi connectivity index (χ4n) is 4.70. The molecule has 2 aliphatic heterocycles. The number of thiophene rings is 1. The molecule has 7 nitrogen and oxygen atoms in total. The maximum Gasteiger partial charge on any atom is 0.258 e. The molecule has 0 atom stereocenters. The highest BCUT2D eigenvalue weighted by atomic mass is 32.1. The second-order valence-corrected chi connectivity index (χ2v) is 10.3. The minimum absolute atomic E-state index is 0.00126. The zero-order chi connectivity index (χ0) is 23.5. The zero-order valence-corrected chi connectivity index (χ0v) is 20.9. The molecular formula is C25H35N3O4S. The third-order valence-corrected chi connectivity index (χ3v) is 7.74. The van der Waals surface area contributed by atoms with Crippen LogP contribution in [0.3, 0.4) is 0 Å². The van der Waals surface area contributed by atoms with Gasteiger partial charge in [-0.1, -0.05) is 13.8 Å². The first-order valence-electron chi connectivity index (χ1n) is 11.6. The van der Waals surface area contributed by atoms with E-state index in [2.05, 4.69) is 29.7 Å². The number of carbonyl (C=O) groups is 1. The number of amides is 1. The van der Waals surface area contributed by atoms with Crippen LogP contribution in [-0.2, 0) is 19.6 Å². The third kappa shape index (κ3) is 5.19. The second-order valence-electron chi connectivity index (χ2n) is 9.11. The summed E-state index contributed by atoms with van der Waals surface area (Å²) < 4.78 is 11.1. The van der Waals surface area contributed by atoms with Crippen LogP contribution in [0.15, 0.2) is 18.2 Å². The van der Waals surface area contributed by atoms with Crippen molar-refractivity contribution in [3.63, 3.8) is 0 Å². The molecule has 1 N–H and O–H groups in total. The molecule has 4 rings (SSSR count). The second kappa shape index (κ2) is 10.4. The highest BCUT2D eigenvalue weighted by Gasteiger charge is 2.30. The molecule has 2 aliphatic rings. The van der Waals surface area contributed by atoms with Gasteiger partial charge >= 0.3 is 0 Å². The van der Waals surface area contributed by atoms with E-state index in [0.717, 1.165) is 50.6 Å². The number of piperazine rings is 1. The van der Waals surface area contributed by atoms with Crippen LogP contribution in [0.25, 0.3) is 0 Å². The van der Waals surface area contributed by atoms with E-state index in [1.807, 2.05) is 28.4 Å². The Morgan fingerprint density at radius 3 is 2.33 bits per heavy atom. The van der Waals surface area contributed by atoms with Crippen LogP contribution in [-0.4, -0.2) is 79.3 Å². The number of aliphatic hydroxyl groups is 1. The molecule has 1 saturated heterocycles. The van der Waals surface area contributed by atoms with Crippen molar-refractivity contribution in [2.24, 2.45) is 0 Å². The maximum absolute atomic E-state index is 13.4. The van der Waals surface area contributed by atoms with Gasteiger partial charge in [0, 0.05) is 61.6 Å². The first kappa shape index (κ1) is 24.0. The monoisotopic (exact) mass is 473 g/mol. The number of β-amino-alcohol motifs (C(OH)–C–C–N with tert-alkyl or cyclic N) is 1. The summed E-state index contributed by atoms with van der Waals surface area (Å²) in [6.45, 7) is 11.5. The number of fused-ring (bicyclic) bond motifs is 1. The Morgan fingerprint density at radius 1 is 1.03 bits per heavy atom. The van der Waals surface area contributed by atoms with Gasteiger partial charge in [0.15, 0.2) is 0 Å². The summed E-state index contributed by atoms with van der Waals surface area (Å²) in [5.41, 5.74) is 2.87. The molecule has 1 fully saturated rings. The van der Waals surface area contributed by atoms with E-state index in [4.69, 9.17) is 14.6 Å². The fourth-order valence-corrected chi connectivity index (χ4v) is 5.94. The van der Waals surface area contributed by atoms with Gasteiger partial charge in [-0.15, -0.1) is 11.3 Å². The van der Waals surface area contributed by atoms with Gasteiger partial charge in [0.05, 0.1) is 32.9 Å². The van der Waals surface area contributed by atoms with Crippen LogP contribution in [0.2, 0.25) is 0 Å². The Labute approximate surface area is 200 Å². The lowest BCUT2D eigenvalue weighted by atomic mass is 9.98. The number of hydrogen-bond acceptors (Lipinski definition) is 7. The quantitative estimate of drug-likeness (QED) is 0.636. The molecular weight excluding hydrogens is 438 g/mol. The summed E-state index contributed by atoms with van der Waals surface area (Å²) in [6.07, 6.45) is 0. The minimum Gasteiger partial charge on any atom is -0.496 e. The van der Waals surface area contributed by atoms with Gasteiger partial charge in [0.1, 0.15) is 11.5 Å². The molecule has 0 bridgehead atoms. The van der Waals surface area contributed by atoms with Gasteiger partial charge in [0.2, 0.25) is 0 Å². The Kier molecular flexibility index (Phi) is 7.58. The highest BCUT2D eigenvalue weighted by Crippen LogP contribution is 2.37. The van der Waals surface area contributed by atoms with Crippen molar-refractivity contribution in [1.82, 2.24) is 14.7 Å². The molecule has 2 aromatic rings. The Morgan fingerprint density at radius 2 is 1.73 bits per heavy atom. The van der Waals surface area contributed by atoms with Crippen molar-refractivity contribution >= 4 is 17.2 Å². The van der Waals surface area contributed by atoms with E-state index in [1.54, 1.807) is 14.2 Å². The zero-order valence-electron chi connectivity index (χ0n) is 20.1. The van der Waals surface area contributed by atoms with Crippen LogP contribution < -0.4 is 9.47 Å². The maximum atomic E-state index is 13.4. The predicted molar refractivity (Wildman–Crippen MR) is 130 cm³/mol. The van der Waals surface area contributed by atoms with E-state index in [1.165, 1.54) is 15.3 Å². The number of rotatable bonds is 8. The minimum atomic E-state index is 0.00126.